The van der Waals surface area contributed by atoms with Crippen LogP contribution in [0.1, 0.15) is 23.3 Å². The van der Waals surface area contributed by atoms with E-state index in [-0.39, 0.29) is 11.8 Å². The van der Waals surface area contributed by atoms with Gasteiger partial charge in [-0.25, -0.2) is 4.98 Å². The highest BCUT2D eigenvalue weighted by Gasteiger charge is 2.13. The van der Waals surface area contributed by atoms with Crippen molar-refractivity contribution in [1.82, 2.24) is 9.88 Å². The van der Waals surface area contributed by atoms with Gasteiger partial charge in [0.2, 0.25) is 5.91 Å². The normalized spacial score (nSPS) is 10.1. The van der Waals surface area contributed by atoms with Crippen molar-refractivity contribution in [2.45, 2.75) is 12.8 Å². The average molecular weight is 303 g/mol. The maximum Gasteiger partial charge on any atom is 0.273 e. The molecule has 0 aliphatic carbocycles. The molecule has 110 valence electrons. The molecule has 2 aromatic rings. The number of amides is 2. The Labute approximate surface area is 127 Å². The molecule has 1 aromatic carbocycles. The molecule has 0 saturated carbocycles. The maximum atomic E-state index is 11.9. The fourth-order valence-electron chi connectivity index (χ4n) is 1.84. The van der Waals surface area contributed by atoms with E-state index in [4.69, 9.17) is 0 Å². The van der Waals surface area contributed by atoms with Gasteiger partial charge in [-0.3, -0.25) is 9.59 Å². The number of anilines is 1. The summed E-state index contributed by atoms with van der Waals surface area (Å²) in [7, 11) is 1.72. The highest BCUT2D eigenvalue weighted by Crippen LogP contribution is 2.08. The molecule has 1 heterocycles. The predicted molar refractivity (Wildman–Crippen MR) is 83.4 cm³/mol. The first-order valence-electron chi connectivity index (χ1n) is 6.65. The molecule has 0 fully saturated rings. The van der Waals surface area contributed by atoms with Gasteiger partial charge in [0, 0.05) is 31.1 Å². The van der Waals surface area contributed by atoms with E-state index in [9.17, 15) is 9.59 Å². The molecule has 5 nitrogen and oxygen atoms in total. The summed E-state index contributed by atoms with van der Waals surface area (Å²) in [5.74, 6) is -0.157. The van der Waals surface area contributed by atoms with Gasteiger partial charge in [0.1, 0.15) is 5.69 Å². The number of nitrogens with zero attached hydrogens (tertiary/aromatic N) is 2. The van der Waals surface area contributed by atoms with Crippen LogP contribution >= 0.6 is 11.3 Å². The molecule has 0 saturated heterocycles. The summed E-state index contributed by atoms with van der Waals surface area (Å²) in [6.45, 7) is 0.526. The Morgan fingerprint density at radius 2 is 2.05 bits per heavy atom. The first kappa shape index (κ1) is 15.2. The number of rotatable bonds is 6. The van der Waals surface area contributed by atoms with Gasteiger partial charge in [-0.1, -0.05) is 18.2 Å². The number of hydrogen-bond acceptors (Lipinski definition) is 4. The molecule has 0 radical (unpaired) electrons. The van der Waals surface area contributed by atoms with Gasteiger partial charge in [0.25, 0.3) is 5.91 Å². The minimum Gasteiger partial charge on any atom is -0.340 e. The summed E-state index contributed by atoms with van der Waals surface area (Å²) >= 11 is 1.39. The van der Waals surface area contributed by atoms with Gasteiger partial charge in [-0.15, -0.1) is 11.3 Å². The van der Waals surface area contributed by atoms with Crippen molar-refractivity contribution in [3.05, 3.63) is 46.9 Å². The van der Waals surface area contributed by atoms with E-state index in [1.807, 2.05) is 30.3 Å². The van der Waals surface area contributed by atoms with E-state index in [1.165, 1.54) is 11.3 Å². The van der Waals surface area contributed by atoms with Crippen molar-refractivity contribution < 1.29 is 9.59 Å². The van der Waals surface area contributed by atoms with E-state index in [0.29, 0.717) is 25.1 Å². The quantitative estimate of drug-likeness (QED) is 0.892. The lowest BCUT2D eigenvalue weighted by Gasteiger charge is -2.15. The Morgan fingerprint density at radius 1 is 1.29 bits per heavy atom. The van der Waals surface area contributed by atoms with Crippen LogP contribution in [0, 0.1) is 0 Å². The average Bonchev–Trinajstić information content (AvgIpc) is 3.01. The molecular weight excluding hydrogens is 286 g/mol. The third-order valence-electron chi connectivity index (χ3n) is 2.95. The zero-order valence-corrected chi connectivity index (χ0v) is 12.6. The molecule has 6 heteroatoms. The van der Waals surface area contributed by atoms with E-state index >= 15 is 0 Å². The molecule has 0 bridgehead atoms. The molecular formula is C15H17N3O2S. The number of para-hydroxylation sites is 1. The summed E-state index contributed by atoms with van der Waals surface area (Å²) in [6.07, 6.45) is 0.995. The van der Waals surface area contributed by atoms with Gasteiger partial charge in [-0.05, 0) is 18.6 Å². The fourth-order valence-corrected chi connectivity index (χ4v) is 2.36. The Bertz CT molecular complexity index is 584. The number of thiazole rings is 1. The van der Waals surface area contributed by atoms with Crippen LogP contribution in [0.25, 0.3) is 0 Å². The van der Waals surface area contributed by atoms with Crippen molar-refractivity contribution in [3.8, 4) is 0 Å². The summed E-state index contributed by atoms with van der Waals surface area (Å²) in [5.41, 5.74) is 2.87. The van der Waals surface area contributed by atoms with Crippen LogP contribution in [-0.2, 0) is 4.79 Å². The van der Waals surface area contributed by atoms with Gasteiger partial charge in [0.15, 0.2) is 0 Å². The van der Waals surface area contributed by atoms with Crippen LogP contribution in [0.3, 0.4) is 0 Å². The summed E-state index contributed by atoms with van der Waals surface area (Å²) in [4.78, 5) is 29.3. The van der Waals surface area contributed by atoms with Crippen LogP contribution in [0.5, 0.6) is 0 Å². The van der Waals surface area contributed by atoms with Crippen LogP contribution in [0.15, 0.2) is 41.2 Å². The van der Waals surface area contributed by atoms with Gasteiger partial charge < -0.3 is 10.2 Å². The predicted octanol–water partition coefficient (Wildman–Crippen LogP) is 2.63. The largest absolute Gasteiger partial charge is 0.340 e. The van der Waals surface area contributed by atoms with Crippen LogP contribution in [0.2, 0.25) is 0 Å². The van der Waals surface area contributed by atoms with Crippen molar-refractivity contribution in [2.75, 3.05) is 18.9 Å². The number of nitrogens with one attached hydrogen (secondary N) is 1. The van der Waals surface area contributed by atoms with Crippen LogP contribution < -0.4 is 5.32 Å². The number of aromatic nitrogens is 1. The second-order valence-corrected chi connectivity index (χ2v) is 5.34. The zero-order chi connectivity index (χ0) is 15.1. The van der Waals surface area contributed by atoms with E-state index in [1.54, 1.807) is 22.8 Å². The van der Waals surface area contributed by atoms with Crippen molar-refractivity contribution in [1.29, 1.82) is 0 Å². The minimum atomic E-state index is -0.111. The molecule has 1 N–H and O–H groups in total. The Hall–Kier alpha value is -2.21. The standard InChI is InChI=1S/C15H17N3O2S/c1-18(15(20)13-10-21-11-16-13)9-5-8-14(19)17-12-6-3-2-4-7-12/h2-4,6-7,10-11H,5,8-9H2,1H3,(H,17,19). The smallest absolute Gasteiger partial charge is 0.273 e. The maximum absolute atomic E-state index is 11.9. The second kappa shape index (κ2) is 7.54. The second-order valence-electron chi connectivity index (χ2n) is 4.62. The number of carbonyl (C=O) groups is 2. The highest BCUT2D eigenvalue weighted by molar-refractivity contribution is 7.07. The molecule has 0 aliphatic rings. The Balaban J connectivity index is 1.71. The van der Waals surface area contributed by atoms with Gasteiger partial charge in [0.05, 0.1) is 5.51 Å². The van der Waals surface area contributed by atoms with Crippen molar-refractivity contribution in [2.24, 2.45) is 0 Å². The van der Waals surface area contributed by atoms with Crippen molar-refractivity contribution in [3.63, 3.8) is 0 Å². The first-order valence-corrected chi connectivity index (χ1v) is 7.59. The molecule has 1 aromatic heterocycles. The number of benzene rings is 1. The van der Waals surface area contributed by atoms with Crippen LogP contribution in [-0.4, -0.2) is 35.3 Å². The first-order chi connectivity index (χ1) is 10.2. The van der Waals surface area contributed by atoms with E-state index in [2.05, 4.69) is 10.3 Å². The van der Waals surface area contributed by atoms with Crippen molar-refractivity contribution >= 4 is 28.8 Å². The molecule has 0 unspecified atom stereocenters. The molecule has 2 amide bonds. The van der Waals surface area contributed by atoms with Gasteiger partial charge >= 0.3 is 0 Å². The summed E-state index contributed by atoms with van der Waals surface area (Å²) in [5, 5.41) is 4.54. The number of hydrogen-bond donors (Lipinski definition) is 1. The van der Waals surface area contributed by atoms with E-state index < -0.39 is 0 Å². The Morgan fingerprint density at radius 3 is 2.71 bits per heavy atom. The molecule has 0 spiro atoms. The van der Waals surface area contributed by atoms with E-state index in [0.717, 1.165) is 5.69 Å². The molecule has 0 aliphatic heterocycles. The fraction of sp³-hybridized carbons (Fsp3) is 0.267. The number of carbonyl (C=O) groups excluding carboxylic acids is 2. The highest BCUT2D eigenvalue weighted by atomic mass is 32.1. The third-order valence-corrected chi connectivity index (χ3v) is 3.54. The lowest BCUT2D eigenvalue weighted by molar-refractivity contribution is -0.116. The van der Waals surface area contributed by atoms with Crippen LogP contribution in [0.4, 0.5) is 5.69 Å². The lowest BCUT2D eigenvalue weighted by Crippen LogP contribution is -2.28. The monoisotopic (exact) mass is 303 g/mol. The topological polar surface area (TPSA) is 62.3 Å². The molecule has 2 rings (SSSR count). The molecule has 0 atom stereocenters. The Kier molecular flexibility index (Phi) is 5.45. The third kappa shape index (κ3) is 4.68. The summed E-state index contributed by atoms with van der Waals surface area (Å²) < 4.78 is 0. The summed E-state index contributed by atoms with van der Waals surface area (Å²) in [6, 6.07) is 9.33. The molecule has 21 heavy (non-hydrogen) atoms. The minimum absolute atomic E-state index is 0.0456. The van der Waals surface area contributed by atoms with Gasteiger partial charge in [-0.2, -0.15) is 0 Å². The lowest BCUT2D eigenvalue weighted by atomic mass is 10.2. The zero-order valence-electron chi connectivity index (χ0n) is 11.8. The SMILES string of the molecule is CN(CCCC(=O)Nc1ccccc1)C(=O)c1cscn1.